The summed E-state index contributed by atoms with van der Waals surface area (Å²) >= 11 is 8.46. The van der Waals surface area contributed by atoms with Gasteiger partial charge in [0.25, 0.3) is 0 Å². The molecule has 0 spiro atoms. The quantitative estimate of drug-likeness (QED) is 0.202. The van der Waals surface area contributed by atoms with Crippen molar-refractivity contribution in [3.05, 3.63) is 155 Å². The molecule has 8 rings (SSSR count). The minimum atomic E-state index is 0.238. The molecule has 6 aromatic carbocycles. The second kappa shape index (κ2) is 9.92. The zero-order chi connectivity index (χ0) is 27.3. The van der Waals surface area contributed by atoms with E-state index in [-0.39, 0.29) is 5.92 Å². The standard InChI is InChI=1S/C38H25ClOS/c39-33-16-8-17-34-36(33)31-15-7-13-28(37(31)40-34)25-19-21-26(22-20-25)32(24-9-2-1-3-10-24)23-27-11-6-14-30-29-12-4-5-18-35(29)41-38(27)30/h1-22,32H,23H2. The summed E-state index contributed by atoms with van der Waals surface area (Å²) in [5.74, 6) is 0.238. The Morgan fingerprint density at radius 1 is 0.610 bits per heavy atom. The first-order valence-corrected chi connectivity index (χ1v) is 15.1. The fraction of sp³-hybridized carbons (Fsp3) is 0.0526. The number of fused-ring (bicyclic) bond motifs is 6. The van der Waals surface area contributed by atoms with E-state index >= 15 is 0 Å². The number of para-hydroxylation sites is 1. The van der Waals surface area contributed by atoms with Crippen LogP contribution in [0, 0.1) is 0 Å². The summed E-state index contributed by atoms with van der Waals surface area (Å²) in [6.45, 7) is 0. The van der Waals surface area contributed by atoms with Crippen LogP contribution in [-0.4, -0.2) is 0 Å². The van der Waals surface area contributed by atoms with E-state index in [9.17, 15) is 0 Å². The molecule has 0 N–H and O–H groups in total. The average molecular weight is 565 g/mol. The zero-order valence-corrected chi connectivity index (χ0v) is 23.8. The van der Waals surface area contributed by atoms with Gasteiger partial charge in [-0.2, -0.15) is 0 Å². The summed E-state index contributed by atoms with van der Waals surface area (Å²) in [7, 11) is 0. The van der Waals surface area contributed by atoms with Gasteiger partial charge in [0.1, 0.15) is 11.2 Å². The molecule has 0 bridgehead atoms. The Bertz CT molecular complexity index is 2190. The van der Waals surface area contributed by atoms with Gasteiger partial charge in [-0.1, -0.05) is 127 Å². The van der Waals surface area contributed by atoms with Gasteiger partial charge in [0.2, 0.25) is 0 Å². The Kier molecular flexibility index (Phi) is 5.91. The normalized spacial score (nSPS) is 12.5. The first-order chi connectivity index (χ1) is 20.2. The number of hydrogen-bond donors (Lipinski definition) is 0. The zero-order valence-electron chi connectivity index (χ0n) is 22.2. The van der Waals surface area contributed by atoms with Crippen LogP contribution in [0.5, 0.6) is 0 Å². The summed E-state index contributed by atoms with van der Waals surface area (Å²) in [5, 5.41) is 5.43. The Morgan fingerprint density at radius 2 is 1.32 bits per heavy atom. The number of hydrogen-bond acceptors (Lipinski definition) is 2. The average Bonchev–Trinajstić information content (AvgIpc) is 3.60. The lowest BCUT2D eigenvalue weighted by atomic mass is 9.85. The molecular weight excluding hydrogens is 540 g/mol. The van der Waals surface area contributed by atoms with E-state index in [1.807, 2.05) is 29.5 Å². The molecule has 0 radical (unpaired) electrons. The number of rotatable bonds is 5. The number of halogens is 1. The molecule has 0 saturated heterocycles. The van der Waals surface area contributed by atoms with Gasteiger partial charge >= 0.3 is 0 Å². The van der Waals surface area contributed by atoms with Crippen LogP contribution >= 0.6 is 22.9 Å². The summed E-state index contributed by atoms with van der Waals surface area (Å²) < 4.78 is 9.06. The minimum absolute atomic E-state index is 0.238. The van der Waals surface area contributed by atoms with Gasteiger partial charge in [0.05, 0.1) is 5.02 Å². The Hall–Kier alpha value is -4.37. The highest BCUT2D eigenvalue weighted by molar-refractivity contribution is 7.26. The van der Waals surface area contributed by atoms with Gasteiger partial charge < -0.3 is 4.42 Å². The van der Waals surface area contributed by atoms with Crippen LogP contribution in [0.3, 0.4) is 0 Å². The maximum Gasteiger partial charge on any atom is 0.143 e. The highest BCUT2D eigenvalue weighted by Gasteiger charge is 2.19. The second-order valence-electron chi connectivity index (χ2n) is 10.6. The van der Waals surface area contributed by atoms with Crippen molar-refractivity contribution in [1.82, 2.24) is 0 Å². The van der Waals surface area contributed by atoms with E-state index in [0.717, 1.165) is 39.5 Å². The van der Waals surface area contributed by atoms with Crippen molar-refractivity contribution in [3.63, 3.8) is 0 Å². The lowest BCUT2D eigenvalue weighted by Gasteiger charge is -2.19. The van der Waals surface area contributed by atoms with Crippen LogP contribution < -0.4 is 0 Å². The molecule has 1 atom stereocenters. The summed E-state index contributed by atoms with van der Waals surface area (Å²) in [6, 6.07) is 47.6. The van der Waals surface area contributed by atoms with Crippen LogP contribution in [0.25, 0.3) is 53.2 Å². The van der Waals surface area contributed by atoms with E-state index in [0.29, 0.717) is 5.02 Å². The fourth-order valence-corrected chi connectivity index (χ4v) is 7.72. The third-order valence-electron chi connectivity index (χ3n) is 8.21. The largest absolute Gasteiger partial charge is 0.455 e. The SMILES string of the molecule is Clc1cccc2oc3c(-c4ccc(C(Cc5cccc6c5sc5ccccc56)c5ccccc5)cc4)cccc3c12. The molecule has 0 aliphatic carbocycles. The molecule has 2 heterocycles. The maximum absolute atomic E-state index is 6.56. The van der Waals surface area contributed by atoms with Crippen molar-refractivity contribution in [3.8, 4) is 11.1 Å². The van der Waals surface area contributed by atoms with Crippen LogP contribution in [0.4, 0.5) is 0 Å². The highest BCUT2D eigenvalue weighted by atomic mass is 35.5. The van der Waals surface area contributed by atoms with E-state index in [2.05, 4.69) is 115 Å². The molecule has 1 nitrogen and oxygen atoms in total. The van der Waals surface area contributed by atoms with Crippen LogP contribution in [0.15, 0.2) is 138 Å². The third kappa shape index (κ3) is 4.14. The van der Waals surface area contributed by atoms with Gasteiger partial charge in [-0.3, -0.25) is 0 Å². The molecule has 0 aliphatic heterocycles. The second-order valence-corrected chi connectivity index (χ2v) is 12.0. The number of thiophene rings is 1. The Balaban J connectivity index is 1.22. The summed E-state index contributed by atoms with van der Waals surface area (Å²) in [5.41, 5.74) is 7.92. The Morgan fingerprint density at radius 3 is 2.20 bits per heavy atom. The summed E-state index contributed by atoms with van der Waals surface area (Å²) in [4.78, 5) is 0. The molecule has 3 heteroatoms. The van der Waals surface area contributed by atoms with Gasteiger partial charge in [0.15, 0.2) is 0 Å². The Labute approximate surface area is 247 Å². The lowest BCUT2D eigenvalue weighted by Crippen LogP contribution is -2.05. The number of benzene rings is 6. The van der Waals surface area contributed by atoms with Gasteiger partial charge in [-0.25, -0.2) is 0 Å². The lowest BCUT2D eigenvalue weighted by molar-refractivity contribution is 0.670. The van der Waals surface area contributed by atoms with E-state index < -0.39 is 0 Å². The predicted molar refractivity (Wildman–Crippen MR) is 175 cm³/mol. The molecule has 0 fully saturated rings. The van der Waals surface area contributed by atoms with Crippen molar-refractivity contribution < 1.29 is 4.42 Å². The molecular formula is C38H25ClOS. The summed E-state index contributed by atoms with van der Waals surface area (Å²) in [6.07, 6.45) is 0.936. The van der Waals surface area contributed by atoms with E-state index in [4.69, 9.17) is 16.0 Å². The highest BCUT2D eigenvalue weighted by Crippen LogP contribution is 2.41. The van der Waals surface area contributed by atoms with Crippen molar-refractivity contribution in [2.24, 2.45) is 0 Å². The van der Waals surface area contributed by atoms with Crippen LogP contribution in [0.2, 0.25) is 5.02 Å². The third-order valence-corrected chi connectivity index (χ3v) is 9.78. The van der Waals surface area contributed by atoms with Crippen molar-refractivity contribution in [2.75, 3.05) is 0 Å². The number of furan rings is 1. The topological polar surface area (TPSA) is 13.1 Å². The van der Waals surface area contributed by atoms with E-state index in [1.54, 1.807) is 0 Å². The van der Waals surface area contributed by atoms with Crippen LogP contribution in [0.1, 0.15) is 22.6 Å². The monoisotopic (exact) mass is 564 g/mol. The predicted octanol–water partition coefficient (Wildman–Crippen LogP) is 11.6. The van der Waals surface area contributed by atoms with Gasteiger partial charge in [0, 0.05) is 42.4 Å². The molecule has 41 heavy (non-hydrogen) atoms. The molecule has 2 aromatic heterocycles. The molecule has 8 aromatic rings. The van der Waals surface area contributed by atoms with Crippen LogP contribution in [-0.2, 0) is 6.42 Å². The van der Waals surface area contributed by atoms with Crippen molar-refractivity contribution in [1.29, 1.82) is 0 Å². The minimum Gasteiger partial charge on any atom is -0.455 e. The fourth-order valence-electron chi connectivity index (χ4n) is 6.23. The molecule has 0 aliphatic rings. The first kappa shape index (κ1) is 24.4. The van der Waals surface area contributed by atoms with Crippen molar-refractivity contribution in [2.45, 2.75) is 12.3 Å². The van der Waals surface area contributed by atoms with Gasteiger partial charge in [-0.05, 0) is 46.9 Å². The molecule has 0 saturated carbocycles. The smallest absolute Gasteiger partial charge is 0.143 e. The first-order valence-electron chi connectivity index (χ1n) is 13.9. The van der Waals surface area contributed by atoms with Crippen molar-refractivity contribution >= 4 is 65.0 Å². The maximum atomic E-state index is 6.56. The van der Waals surface area contributed by atoms with E-state index in [1.165, 1.54) is 36.9 Å². The van der Waals surface area contributed by atoms with Gasteiger partial charge in [-0.15, -0.1) is 11.3 Å². The molecule has 196 valence electrons. The molecule has 1 unspecified atom stereocenters. The molecule has 0 amide bonds.